The van der Waals surface area contributed by atoms with E-state index >= 15 is 0 Å². The highest BCUT2D eigenvalue weighted by Crippen LogP contribution is 2.44. The van der Waals surface area contributed by atoms with Crippen LogP contribution < -0.4 is 19.5 Å². The molecule has 0 unspecified atom stereocenters. The van der Waals surface area contributed by atoms with Crippen molar-refractivity contribution >= 4 is 16.8 Å². The van der Waals surface area contributed by atoms with Gasteiger partial charge in [-0.3, -0.25) is 4.79 Å². The van der Waals surface area contributed by atoms with Crippen LogP contribution in [0.2, 0.25) is 0 Å². The van der Waals surface area contributed by atoms with E-state index in [0.29, 0.717) is 41.3 Å². The van der Waals surface area contributed by atoms with Crippen molar-refractivity contribution in [2.24, 2.45) is 0 Å². The van der Waals surface area contributed by atoms with Gasteiger partial charge in [-0.05, 0) is 6.42 Å². The van der Waals surface area contributed by atoms with Crippen molar-refractivity contribution in [3.63, 3.8) is 0 Å². The lowest BCUT2D eigenvalue weighted by molar-refractivity contribution is 0.0950. The second-order valence-electron chi connectivity index (χ2n) is 4.87. The molecule has 7 nitrogen and oxygen atoms in total. The third-order valence-corrected chi connectivity index (χ3v) is 3.53. The lowest BCUT2D eigenvalue weighted by Crippen LogP contribution is -2.25. The maximum Gasteiger partial charge on any atom is 0.253 e. The Bertz CT molecular complexity index is 681. The standard InChI is InChI=1S/C16H22N2O5/c1-20-7-5-6-17-16(19)10-9-18-11-8-12(21-2)14(22-3)15(23-4)13(10)11/h8-9,18H,5-7H2,1-4H3,(H,17,19). The summed E-state index contributed by atoms with van der Waals surface area (Å²) in [5, 5.41) is 3.52. The third kappa shape index (κ3) is 3.34. The molecule has 1 heterocycles. The summed E-state index contributed by atoms with van der Waals surface area (Å²) in [6.07, 6.45) is 2.40. The highest BCUT2D eigenvalue weighted by molar-refractivity contribution is 6.10. The van der Waals surface area contributed by atoms with E-state index in [0.717, 1.165) is 11.9 Å². The predicted molar refractivity (Wildman–Crippen MR) is 86.8 cm³/mol. The minimum Gasteiger partial charge on any atom is -0.493 e. The monoisotopic (exact) mass is 322 g/mol. The zero-order valence-electron chi connectivity index (χ0n) is 13.8. The fourth-order valence-electron chi connectivity index (χ4n) is 2.45. The van der Waals surface area contributed by atoms with Gasteiger partial charge in [0.15, 0.2) is 11.5 Å². The van der Waals surface area contributed by atoms with Crippen molar-refractivity contribution in [3.05, 3.63) is 17.8 Å². The van der Waals surface area contributed by atoms with Gasteiger partial charge in [-0.25, -0.2) is 0 Å². The highest BCUT2D eigenvalue weighted by atomic mass is 16.5. The van der Waals surface area contributed by atoms with Crippen LogP contribution in [0.15, 0.2) is 12.3 Å². The van der Waals surface area contributed by atoms with Gasteiger partial charge in [-0.2, -0.15) is 0 Å². The highest BCUT2D eigenvalue weighted by Gasteiger charge is 2.22. The van der Waals surface area contributed by atoms with Crippen molar-refractivity contribution in [1.29, 1.82) is 0 Å². The molecule has 23 heavy (non-hydrogen) atoms. The Kier molecular flexibility index (Phi) is 5.70. The summed E-state index contributed by atoms with van der Waals surface area (Å²) in [5.74, 6) is 1.27. The van der Waals surface area contributed by atoms with Gasteiger partial charge in [0, 0.05) is 32.5 Å². The Labute approximate surface area is 134 Å². The number of rotatable bonds is 8. The first kappa shape index (κ1) is 17.0. The average molecular weight is 322 g/mol. The first-order chi connectivity index (χ1) is 11.2. The lowest BCUT2D eigenvalue weighted by atomic mass is 10.1. The third-order valence-electron chi connectivity index (χ3n) is 3.53. The number of hydrogen-bond donors (Lipinski definition) is 2. The van der Waals surface area contributed by atoms with E-state index in [1.54, 1.807) is 26.5 Å². The van der Waals surface area contributed by atoms with Crippen LogP contribution in [0, 0.1) is 0 Å². The van der Waals surface area contributed by atoms with Gasteiger partial charge in [0.1, 0.15) is 0 Å². The molecule has 0 saturated heterocycles. The first-order valence-corrected chi connectivity index (χ1v) is 7.25. The van der Waals surface area contributed by atoms with Gasteiger partial charge in [0.25, 0.3) is 5.91 Å². The normalized spacial score (nSPS) is 10.6. The van der Waals surface area contributed by atoms with Crippen molar-refractivity contribution in [2.75, 3.05) is 41.6 Å². The molecule has 1 aromatic heterocycles. The van der Waals surface area contributed by atoms with E-state index in [1.165, 1.54) is 14.2 Å². The van der Waals surface area contributed by atoms with E-state index in [1.807, 2.05) is 0 Å². The van der Waals surface area contributed by atoms with Gasteiger partial charge < -0.3 is 29.2 Å². The molecule has 0 saturated carbocycles. The minimum atomic E-state index is -0.183. The molecule has 2 N–H and O–H groups in total. The van der Waals surface area contributed by atoms with Crippen LogP contribution >= 0.6 is 0 Å². The topological polar surface area (TPSA) is 81.8 Å². The molecule has 0 fully saturated rings. The molecule has 0 spiro atoms. The molecule has 0 atom stereocenters. The maximum absolute atomic E-state index is 12.4. The van der Waals surface area contributed by atoms with Crippen LogP contribution in [0.1, 0.15) is 16.8 Å². The summed E-state index contributed by atoms with van der Waals surface area (Å²) in [5.41, 5.74) is 1.23. The summed E-state index contributed by atoms with van der Waals surface area (Å²) in [7, 11) is 6.24. The van der Waals surface area contributed by atoms with Crippen molar-refractivity contribution in [1.82, 2.24) is 10.3 Å². The van der Waals surface area contributed by atoms with Crippen molar-refractivity contribution < 1.29 is 23.7 Å². The zero-order valence-corrected chi connectivity index (χ0v) is 13.8. The molecule has 0 bridgehead atoms. The minimum absolute atomic E-state index is 0.183. The number of amides is 1. The number of ether oxygens (including phenoxy) is 4. The van der Waals surface area contributed by atoms with Gasteiger partial charge in [-0.1, -0.05) is 0 Å². The fourth-order valence-corrected chi connectivity index (χ4v) is 2.45. The second kappa shape index (κ2) is 7.73. The van der Waals surface area contributed by atoms with Crippen LogP contribution in [0.3, 0.4) is 0 Å². The van der Waals surface area contributed by atoms with E-state index in [-0.39, 0.29) is 5.91 Å². The van der Waals surface area contributed by atoms with E-state index in [9.17, 15) is 4.79 Å². The molecule has 2 aromatic rings. The molecule has 1 aromatic carbocycles. The zero-order chi connectivity index (χ0) is 16.8. The average Bonchev–Trinajstić information content (AvgIpc) is 3.00. The molecule has 0 radical (unpaired) electrons. The smallest absolute Gasteiger partial charge is 0.253 e. The number of carbonyl (C=O) groups is 1. The number of methoxy groups -OCH3 is 4. The summed E-state index contributed by atoms with van der Waals surface area (Å²) in [6.45, 7) is 1.14. The Hall–Kier alpha value is -2.41. The van der Waals surface area contributed by atoms with E-state index < -0.39 is 0 Å². The van der Waals surface area contributed by atoms with Crippen LogP contribution in [-0.4, -0.2) is 52.5 Å². The number of fused-ring (bicyclic) bond motifs is 1. The molecule has 7 heteroatoms. The van der Waals surface area contributed by atoms with Gasteiger partial charge in [-0.15, -0.1) is 0 Å². The second-order valence-corrected chi connectivity index (χ2v) is 4.87. The van der Waals surface area contributed by atoms with Crippen molar-refractivity contribution in [3.8, 4) is 17.2 Å². The summed E-state index contributed by atoms with van der Waals surface area (Å²) in [6, 6.07) is 1.78. The summed E-state index contributed by atoms with van der Waals surface area (Å²) < 4.78 is 21.1. The van der Waals surface area contributed by atoms with E-state index in [2.05, 4.69) is 10.3 Å². The SMILES string of the molecule is COCCCNC(=O)c1c[nH]c2cc(OC)c(OC)c(OC)c12. The van der Waals surface area contributed by atoms with Crippen molar-refractivity contribution in [2.45, 2.75) is 6.42 Å². The molecule has 0 aliphatic rings. The number of carbonyl (C=O) groups excluding carboxylic acids is 1. The molecular weight excluding hydrogens is 300 g/mol. The Balaban J connectivity index is 2.40. The quantitative estimate of drug-likeness (QED) is 0.726. The molecule has 0 aliphatic heterocycles. The number of hydrogen-bond acceptors (Lipinski definition) is 5. The number of aromatic nitrogens is 1. The van der Waals surface area contributed by atoms with Gasteiger partial charge in [0.05, 0.1) is 37.8 Å². The van der Waals surface area contributed by atoms with E-state index in [4.69, 9.17) is 18.9 Å². The largest absolute Gasteiger partial charge is 0.493 e. The summed E-state index contributed by atoms with van der Waals surface area (Å²) >= 11 is 0. The Morgan fingerprint density at radius 2 is 1.87 bits per heavy atom. The van der Waals surface area contributed by atoms with Crippen LogP contribution in [0.5, 0.6) is 17.2 Å². The number of H-pyrrole nitrogens is 1. The Morgan fingerprint density at radius 1 is 1.13 bits per heavy atom. The van der Waals surface area contributed by atoms with Crippen LogP contribution in [0.25, 0.3) is 10.9 Å². The first-order valence-electron chi connectivity index (χ1n) is 7.25. The fraction of sp³-hybridized carbons (Fsp3) is 0.438. The molecule has 1 amide bonds. The number of benzene rings is 1. The van der Waals surface area contributed by atoms with Crippen LogP contribution in [0.4, 0.5) is 0 Å². The predicted octanol–water partition coefficient (Wildman–Crippen LogP) is 1.96. The molecule has 0 aliphatic carbocycles. The van der Waals surface area contributed by atoms with Crippen LogP contribution in [-0.2, 0) is 4.74 Å². The molecule has 2 rings (SSSR count). The number of nitrogens with one attached hydrogen (secondary N) is 2. The summed E-state index contributed by atoms with van der Waals surface area (Å²) in [4.78, 5) is 15.5. The van der Waals surface area contributed by atoms with Gasteiger partial charge >= 0.3 is 0 Å². The molecule has 126 valence electrons. The number of aromatic amines is 1. The lowest BCUT2D eigenvalue weighted by Gasteiger charge is -2.14. The maximum atomic E-state index is 12.4. The Morgan fingerprint density at radius 3 is 2.48 bits per heavy atom. The van der Waals surface area contributed by atoms with Gasteiger partial charge in [0.2, 0.25) is 5.75 Å². The molecular formula is C16H22N2O5.